The largest absolute Gasteiger partial charge is 0.497 e. The third-order valence-electron chi connectivity index (χ3n) is 3.31. The molecular weight excluding hydrogens is 327 g/mol. The fourth-order valence-electron chi connectivity index (χ4n) is 2.04. The molecule has 6 nitrogen and oxygen atoms in total. The van der Waals surface area contributed by atoms with Crippen LogP contribution >= 0.6 is 0 Å². The van der Waals surface area contributed by atoms with Gasteiger partial charge in [-0.15, -0.1) is 0 Å². The van der Waals surface area contributed by atoms with Crippen LogP contribution in [0.1, 0.15) is 12.5 Å². The molecule has 0 unspecified atom stereocenters. The summed E-state index contributed by atoms with van der Waals surface area (Å²) in [5.74, 6) is 0.617. The minimum Gasteiger partial charge on any atom is -0.497 e. The van der Waals surface area contributed by atoms with E-state index < -0.39 is 11.7 Å². The number of nitrogens with zero attached hydrogens (tertiary/aromatic N) is 1. The molecule has 0 aromatic heterocycles. The summed E-state index contributed by atoms with van der Waals surface area (Å²) in [7, 11) is 3.10. The van der Waals surface area contributed by atoms with Crippen molar-refractivity contribution in [2.45, 2.75) is 6.92 Å². The highest BCUT2D eigenvalue weighted by Crippen LogP contribution is 2.24. The summed E-state index contributed by atoms with van der Waals surface area (Å²) in [5, 5.41) is 4.04. The number of nitrogens with one attached hydrogen (secondary N) is 1. The smallest absolute Gasteiger partial charge is 0.277 e. The van der Waals surface area contributed by atoms with Gasteiger partial charge >= 0.3 is 0 Å². The van der Waals surface area contributed by atoms with Gasteiger partial charge in [0.25, 0.3) is 5.91 Å². The van der Waals surface area contributed by atoms with Gasteiger partial charge in [0.05, 0.1) is 19.9 Å². The average Bonchev–Trinajstić information content (AvgIpc) is 2.63. The first-order valence-corrected chi connectivity index (χ1v) is 7.47. The molecule has 132 valence electrons. The summed E-state index contributed by atoms with van der Waals surface area (Å²) in [6.45, 7) is 1.44. The highest BCUT2D eigenvalue weighted by Gasteiger charge is 2.09. The molecule has 0 radical (unpaired) electrons. The summed E-state index contributed by atoms with van der Waals surface area (Å²) < 4.78 is 28.7. The van der Waals surface area contributed by atoms with E-state index in [4.69, 9.17) is 14.2 Å². The number of amides is 1. The Morgan fingerprint density at radius 2 is 1.92 bits per heavy atom. The van der Waals surface area contributed by atoms with Crippen molar-refractivity contribution < 1.29 is 23.4 Å². The molecule has 1 N–H and O–H groups in total. The molecule has 2 aromatic rings. The standard InChI is InChI=1S/C18H19FN2O4/c1-12(16-10-14(23-2)7-8-17(16)24-3)20-21-18(22)11-25-15-6-4-5-13(19)9-15/h4-10H,11H2,1-3H3,(H,21,22)/b20-12-. The SMILES string of the molecule is COc1ccc(OC)c(/C(C)=N\NC(=O)COc2cccc(F)c2)c1. The number of methoxy groups -OCH3 is 2. The third kappa shape index (κ3) is 5.20. The van der Waals surface area contributed by atoms with E-state index in [9.17, 15) is 9.18 Å². The minimum absolute atomic E-state index is 0.269. The molecule has 0 aliphatic heterocycles. The molecule has 25 heavy (non-hydrogen) atoms. The number of ether oxygens (including phenoxy) is 3. The number of hydrogen-bond acceptors (Lipinski definition) is 5. The van der Waals surface area contributed by atoms with E-state index in [0.29, 0.717) is 22.8 Å². The minimum atomic E-state index is -0.467. The number of carbonyl (C=O) groups is 1. The van der Waals surface area contributed by atoms with E-state index in [1.54, 1.807) is 45.4 Å². The first kappa shape index (κ1) is 18.3. The number of carbonyl (C=O) groups excluding carboxylic acids is 1. The maximum absolute atomic E-state index is 13.0. The molecule has 0 heterocycles. The number of rotatable bonds is 7. The fourth-order valence-corrected chi connectivity index (χ4v) is 2.04. The predicted molar refractivity (Wildman–Crippen MR) is 91.8 cm³/mol. The van der Waals surface area contributed by atoms with Crippen LogP contribution in [0.2, 0.25) is 0 Å². The summed E-state index contributed by atoms with van der Waals surface area (Å²) in [4.78, 5) is 11.8. The van der Waals surface area contributed by atoms with E-state index in [1.807, 2.05) is 0 Å². The highest BCUT2D eigenvalue weighted by atomic mass is 19.1. The van der Waals surface area contributed by atoms with E-state index in [0.717, 1.165) is 0 Å². The maximum Gasteiger partial charge on any atom is 0.277 e. The van der Waals surface area contributed by atoms with Crippen LogP contribution in [0.5, 0.6) is 17.2 Å². The Morgan fingerprint density at radius 3 is 2.60 bits per heavy atom. The molecular formula is C18H19FN2O4. The van der Waals surface area contributed by atoms with Crippen molar-refractivity contribution in [2.75, 3.05) is 20.8 Å². The van der Waals surface area contributed by atoms with Crippen LogP contribution in [0, 0.1) is 5.82 Å². The predicted octanol–water partition coefficient (Wildman–Crippen LogP) is 2.76. The van der Waals surface area contributed by atoms with Gasteiger partial charge in [-0.1, -0.05) is 6.07 Å². The van der Waals surface area contributed by atoms with Crippen LogP contribution < -0.4 is 19.6 Å². The lowest BCUT2D eigenvalue weighted by molar-refractivity contribution is -0.123. The lowest BCUT2D eigenvalue weighted by Gasteiger charge is -2.10. The Hall–Kier alpha value is -3.09. The zero-order valence-electron chi connectivity index (χ0n) is 14.2. The Labute approximate surface area is 145 Å². The molecule has 2 rings (SSSR count). The highest BCUT2D eigenvalue weighted by molar-refractivity contribution is 6.02. The van der Waals surface area contributed by atoms with Crippen LogP contribution in [0.25, 0.3) is 0 Å². The van der Waals surface area contributed by atoms with Crippen molar-refractivity contribution in [1.82, 2.24) is 5.43 Å². The number of hydrazone groups is 1. The summed E-state index contributed by atoms with van der Waals surface area (Å²) in [5.41, 5.74) is 3.61. The Morgan fingerprint density at radius 1 is 1.12 bits per heavy atom. The molecule has 0 atom stereocenters. The van der Waals surface area contributed by atoms with E-state index >= 15 is 0 Å². The molecule has 0 spiro atoms. The van der Waals surface area contributed by atoms with Crippen molar-refractivity contribution in [3.8, 4) is 17.2 Å². The second kappa shape index (κ2) is 8.68. The monoisotopic (exact) mass is 346 g/mol. The van der Waals surface area contributed by atoms with E-state index in [2.05, 4.69) is 10.5 Å². The van der Waals surface area contributed by atoms with Gasteiger partial charge in [0.1, 0.15) is 23.1 Å². The molecule has 1 amide bonds. The lowest BCUT2D eigenvalue weighted by Crippen LogP contribution is -2.25. The van der Waals surface area contributed by atoms with Crippen LogP contribution in [0.15, 0.2) is 47.6 Å². The van der Waals surface area contributed by atoms with Crippen LogP contribution in [-0.2, 0) is 4.79 Å². The van der Waals surface area contributed by atoms with Crippen LogP contribution in [0.4, 0.5) is 4.39 Å². The molecule has 2 aromatic carbocycles. The maximum atomic E-state index is 13.0. The van der Waals surface area contributed by atoms with Crippen LogP contribution in [0.3, 0.4) is 0 Å². The van der Waals surface area contributed by atoms with E-state index in [1.165, 1.54) is 18.2 Å². The molecule has 7 heteroatoms. The molecule has 0 saturated carbocycles. The van der Waals surface area contributed by atoms with Gasteiger partial charge in [-0.2, -0.15) is 5.10 Å². The van der Waals surface area contributed by atoms with Gasteiger partial charge in [-0.05, 0) is 37.3 Å². The first-order valence-electron chi connectivity index (χ1n) is 7.47. The van der Waals surface area contributed by atoms with Gasteiger partial charge in [-0.25, -0.2) is 9.82 Å². The van der Waals surface area contributed by atoms with Gasteiger partial charge in [-0.3, -0.25) is 4.79 Å². The van der Waals surface area contributed by atoms with Gasteiger partial charge in [0, 0.05) is 11.6 Å². The first-order chi connectivity index (χ1) is 12.0. The Bertz CT molecular complexity index is 777. The summed E-state index contributed by atoms with van der Waals surface area (Å²) >= 11 is 0. The molecule has 0 bridgehead atoms. The molecule has 0 fully saturated rings. The zero-order chi connectivity index (χ0) is 18.2. The van der Waals surface area contributed by atoms with Crippen molar-refractivity contribution >= 4 is 11.6 Å². The van der Waals surface area contributed by atoms with Crippen molar-refractivity contribution in [3.63, 3.8) is 0 Å². The van der Waals surface area contributed by atoms with Gasteiger partial charge in [0.2, 0.25) is 0 Å². The lowest BCUT2D eigenvalue weighted by atomic mass is 10.1. The fraction of sp³-hybridized carbons (Fsp3) is 0.222. The summed E-state index contributed by atoms with van der Waals surface area (Å²) in [6, 6.07) is 10.8. The third-order valence-corrected chi connectivity index (χ3v) is 3.31. The Balaban J connectivity index is 1.99. The van der Waals surface area contributed by atoms with Crippen molar-refractivity contribution in [3.05, 3.63) is 53.8 Å². The van der Waals surface area contributed by atoms with Crippen LogP contribution in [-0.4, -0.2) is 32.4 Å². The number of hydrogen-bond donors (Lipinski definition) is 1. The van der Waals surface area contributed by atoms with Crippen molar-refractivity contribution in [2.24, 2.45) is 5.10 Å². The molecule has 0 aliphatic rings. The Kier molecular flexibility index (Phi) is 6.33. The summed E-state index contributed by atoms with van der Waals surface area (Å²) in [6.07, 6.45) is 0. The van der Waals surface area contributed by atoms with Gasteiger partial charge < -0.3 is 14.2 Å². The second-order valence-electron chi connectivity index (χ2n) is 5.04. The zero-order valence-corrected chi connectivity index (χ0v) is 14.2. The molecule has 0 saturated heterocycles. The molecule has 0 aliphatic carbocycles. The normalized spacial score (nSPS) is 11.0. The van der Waals surface area contributed by atoms with Crippen molar-refractivity contribution in [1.29, 1.82) is 0 Å². The number of benzene rings is 2. The second-order valence-corrected chi connectivity index (χ2v) is 5.04. The van der Waals surface area contributed by atoms with E-state index in [-0.39, 0.29) is 12.4 Å². The number of halogens is 1. The average molecular weight is 346 g/mol. The topological polar surface area (TPSA) is 69.2 Å². The quantitative estimate of drug-likeness (QED) is 0.618. The van der Waals surface area contributed by atoms with Gasteiger partial charge in [0.15, 0.2) is 6.61 Å².